The van der Waals surface area contributed by atoms with Crippen molar-refractivity contribution in [1.82, 2.24) is 15.3 Å². The number of nitrogens with zero attached hydrogens (tertiary/aromatic N) is 2. The second-order valence-electron chi connectivity index (χ2n) is 3.48. The molecule has 2 heterocycles. The molecule has 0 radical (unpaired) electrons. The lowest BCUT2D eigenvalue weighted by Crippen LogP contribution is -2.62. The smallest absolute Gasteiger partial charge is 0.131 e. The molecule has 0 spiro atoms. The number of halogens is 1. The summed E-state index contributed by atoms with van der Waals surface area (Å²) in [4.78, 5) is 8.45. The van der Waals surface area contributed by atoms with Crippen LogP contribution in [0.15, 0.2) is 16.9 Å². The second-order valence-corrected chi connectivity index (χ2v) is 4.40. The van der Waals surface area contributed by atoms with E-state index >= 15 is 0 Å². The maximum Gasteiger partial charge on any atom is 0.131 e. The maximum absolute atomic E-state index is 5.45. The molecule has 1 aliphatic rings. The van der Waals surface area contributed by atoms with Crippen molar-refractivity contribution < 1.29 is 4.74 Å². The molecule has 1 fully saturated rings. The number of ether oxygens (including phenoxy) is 1. The minimum atomic E-state index is -0.0895. The largest absolute Gasteiger partial charge is 0.375 e. The van der Waals surface area contributed by atoms with Gasteiger partial charge >= 0.3 is 0 Å². The van der Waals surface area contributed by atoms with Gasteiger partial charge in [-0.3, -0.25) is 0 Å². The van der Waals surface area contributed by atoms with E-state index in [0.717, 1.165) is 29.8 Å². The summed E-state index contributed by atoms with van der Waals surface area (Å²) in [5.41, 5.74) is -0.0895. The molecule has 0 aromatic carbocycles. The van der Waals surface area contributed by atoms with Crippen molar-refractivity contribution in [2.45, 2.75) is 12.0 Å². The van der Waals surface area contributed by atoms with E-state index in [9.17, 15) is 0 Å². The van der Waals surface area contributed by atoms with Gasteiger partial charge in [-0.2, -0.15) is 0 Å². The molecule has 1 aliphatic heterocycles. The molecule has 0 amide bonds. The topological polar surface area (TPSA) is 47.0 Å². The average molecular weight is 258 g/mol. The molecule has 1 aromatic heterocycles. The Morgan fingerprint density at radius 3 is 2.57 bits per heavy atom. The van der Waals surface area contributed by atoms with Crippen molar-refractivity contribution in [2.24, 2.45) is 0 Å². The number of hydrogen-bond acceptors (Lipinski definition) is 4. The van der Waals surface area contributed by atoms with E-state index in [0.29, 0.717) is 0 Å². The summed E-state index contributed by atoms with van der Waals surface area (Å²) in [5, 5.41) is 3.19. The third-order valence-corrected chi connectivity index (χ3v) is 2.89. The predicted molar refractivity (Wildman–Crippen MR) is 56.0 cm³/mol. The molecule has 2 rings (SSSR count). The van der Waals surface area contributed by atoms with Crippen molar-refractivity contribution in [3.63, 3.8) is 0 Å². The Morgan fingerprint density at radius 1 is 1.50 bits per heavy atom. The Labute approximate surface area is 91.2 Å². The van der Waals surface area contributed by atoms with Crippen LogP contribution in [0.3, 0.4) is 0 Å². The fraction of sp³-hybridized carbons (Fsp3) is 0.556. The first-order chi connectivity index (χ1) is 6.74. The van der Waals surface area contributed by atoms with Crippen molar-refractivity contribution in [3.8, 4) is 0 Å². The van der Waals surface area contributed by atoms with E-state index in [-0.39, 0.29) is 5.60 Å². The Morgan fingerprint density at radius 2 is 2.14 bits per heavy atom. The van der Waals surface area contributed by atoms with Gasteiger partial charge < -0.3 is 10.1 Å². The minimum absolute atomic E-state index is 0.0895. The Balaban J connectivity index is 2.06. The van der Waals surface area contributed by atoms with Crippen LogP contribution in [0.2, 0.25) is 0 Å². The molecule has 76 valence electrons. The van der Waals surface area contributed by atoms with E-state index in [1.807, 2.05) is 0 Å². The zero-order valence-corrected chi connectivity index (χ0v) is 9.54. The molecule has 0 bridgehead atoms. The number of methoxy groups -OCH3 is 1. The van der Waals surface area contributed by atoms with Gasteiger partial charge in [-0.15, -0.1) is 0 Å². The van der Waals surface area contributed by atoms with Crippen LogP contribution >= 0.6 is 15.9 Å². The monoisotopic (exact) mass is 257 g/mol. The zero-order valence-electron chi connectivity index (χ0n) is 7.96. The van der Waals surface area contributed by atoms with Gasteiger partial charge in [-0.05, 0) is 15.9 Å². The molecule has 0 unspecified atom stereocenters. The number of rotatable bonds is 3. The van der Waals surface area contributed by atoms with Crippen LogP contribution in [0, 0.1) is 0 Å². The summed E-state index contributed by atoms with van der Waals surface area (Å²) >= 11 is 3.30. The molecule has 4 nitrogen and oxygen atoms in total. The fourth-order valence-corrected chi connectivity index (χ4v) is 1.67. The van der Waals surface area contributed by atoms with Crippen LogP contribution < -0.4 is 5.32 Å². The third-order valence-electron chi connectivity index (χ3n) is 2.48. The fourth-order valence-electron chi connectivity index (χ4n) is 1.46. The van der Waals surface area contributed by atoms with Crippen LogP contribution in [0.1, 0.15) is 5.82 Å². The summed E-state index contributed by atoms with van der Waals surface area (Å²) in [6, 6.07) is 0. The van der Waals surface area contributed by atoms with E-state index in [1.54, 1.807) is 19.5 Å². The Bertz CT molecular complexity index is 305. The van der Waals surface area contributed by atoms with E-state index in [1.165, 1.54) is 0 Å². The van der Waals surface area contributed by atoms with E-state index in [2.05, 4.69) is 31.2 Å². The van der Waals surface area contributed by atoms with Crippen LogP contribution in [0.5, 0.6) is 0 Å². The SMILES string of the molecule is COC1(Cc2ncc(Br)cn2)CNC1. The number of nitrogens with one attached hydrogen (secondary N) is 1. The first-order valence-electron chi connectivity index (χ1n) is 4.46. The Kier molecular flexibility index (Phi) is 2.80. The van der Waals surface area contributed by atoms with Gasteiger partial charge in [0.05, 0.1) is 10.1 Å². The second kappa shape index (κ2) is 3.92. The Hall–Kier alpha value is -0.520. The summed E-state index contributed by atoms with van der Waals surface area (Å²) in [7, 11) is 1.74. The van der Waals surface area contributed by atoms with Crippen LogP contribution in [-0.4, -0.2) is 35.8 Å². The maximum atomic E-state index is 5.45. The van der Waals surface area contributed by atoms with Gasteiger partial charge in [0.25, 0.3) is 0 Å². The minimum Gasteiger partial charge on any atom is -0.375 e. The van der Waals surface area contributed by atoms with Gasteiger partial charge in [0.1, 0.15) is 5.82 Å². The lowest BCUT2D eigenvalue weighted by Gasteiger charge is -2.40. The van der Waals surface area contributed by atoms with Crippen LogP contribution in [0.25, 0.3) is 0 Å². The quantitative estimate of drug-likeness (QED) is 0.869. The average Bonchev–Trinajstić information content (AvgIpc) is 2.15. The molecular weight excluding hydrogens is 246 g/mol. The van der Waals surface area contributed by atoms with Gasteiger partial charge in [0.15, 0.2) is 0 Å². The highest BCUT2D eigenvalue weighted by atomic mass is 79.9. The molecule has 5 heteroatoms. The summed E-state index contributed by atoms with van der Waals surface area (Å²) in [6.45, 7) is 1.76. The molecule has 1 saturated heterocycles. The lowest BCUT2D eigenvalue weighted by molar-refractivity contribution is -0.0515. The molecule has 0 atom stereocenters. The highest BCUT2D eigenvalue weighted by Gasteiger charge is 2.37. The van der Waals surface area contributed by atoms with E-state index < -0.39 is 0 Å². The van der Waals surface area contributed by atoms with E-state index in [4.69, 9.17) is 4.74 Å². The number of hydrogen-bond donors (Lipinski definition) is 1. The first-order valence-corrected chi connectivity index (χ1v) is 5.26. The van der Waals surface area contributed by atoms with Crippen molar-refractivity contribution in [2.75, 3.05) is 20.2 Å². The van der Waals surface area contributed by atoms with Crippen LogP contribution in [0.4, 0.5) is 0 Å². The zero-order chi connectivity index (χ0) is 10.0. The normalized spacial score (nSPS) is 19.0. The summed E-state index contributed by atoms with van der Waals surface area (Å²) < 4.78 is 6.36. The van der Waals surface area contributed by atoms with Crippen molar-refractivity contribution in [3.05, 3.63) is 22.7 Å². The number of aromatic nitrogens is 2. The highest BCUT2D eigenvalue weighted by molar-refractivity contribution is 9.10. The summed E-state index contributed by atoms with van der Waals surface area (Å²) in [6.07, 6.45) is 4.29. The van der Waals surface area contributed by atoms with Crippen LogP contribution in [-0.2, 0) is 11.2 Å². The molecule has 0 saturated carbocycles. The lowest BCUT2D eigenvalue weighted by atomic mass is 9.92. The molecule has 1 N–H and O–H groups in total. The first kappa shape index (κ1) is 10.0. The molecule has 1 aromatic rings. The molecule has 14 heavy (non-hydrogen) atoms. The van der Waals surface area contributed by atoms with Crippen molar-refractivity contribution >= 4 is 15.9 Å². The van der Waals surface area contributed by atoms with Gasteiger partial charge in [-0.25, -0.2) is 9.97 Å². The molecule has 0 aliphatic carbocycles. The predicted octanol–water partition coefficient (Wildman–Crippen LogP) is 0.770. The standard InChI is InChI=1S/C9H12BrN3O/c1-14-9(5-11-6-9)2-8-12-3-7(10)4-13-8/h3-4,11H,2,5-6H2,1H3. The van der Waals surface area contributed by atoms with Crippen molar-refractivity contribution in [1.29, 1.82) is 0 Å². The van der Waals surface area contributed by atoms with Gasteiger partial charge in [-0.1, -0.05) is 0 Å². The third kappa shape index (κ3) is 1.94. The highest BCUT2D eigenvalue weighted by Crippen LogP contribution is 2.20. The summed E-state index contributed by atoms with van der Waals surface area (Å²) in [5.74, 6) is 0.830. The van der Waals surface area contributed by atoms with Gasteiger partial charge in [0, 0.05) is 39.0 Å². The van der Waals surface area contributed by atoms with Gasteiger partial charge in [0.2, 0.25) is 0 Å². The molecular formula is C9H12BrN3O.